The van der Waals surface area contributed by atoms with Crippen LogP contribution in [0.15, 0.2) is 54.6 Å². The summed E-state index contributed by atoms with van der Waals surface area (Å²) in [6, 6.07) is 14.0. The van der Waals surface area contributed by atoms with Gasteiger partial charge in [0.25, 0.3) is 0 Å². The van der Waals surface area contributed by atoms with Crippen LogP contribution in [0.4, 0.5) is 5.69 Å². The maximum absolute atomic E-state index is 13.5. The van der Waals surface area contributed by atoms with Crippen molar-refractivity contribution < 1.29 is 19.1 Å². The van der Waals surface area contributed by atoms with E-state index in [4.69, 9.17) is 9.47 Å². The summed E-state index contributed by atoms with van der Waals surface area (Å²) in [6.07, 6.45) is 5.31. The lowest BCUT2D eigenvalue weighted by Crippen LogP contribution is -2.40. The van der Waals surface area contributed by atoms with Gasteiger partial charge in [0.1, 0.15) is 11.5 Å². The largest absolute Gasteiger partial charge is 0.465 e. The summed E-state index contributed by atoms with van der Waals surface area (Å²) in [5, 5.41) is 2.11. The van der Waals surface area contributed by atoms with E-state index in [1.807, 2.05) is 54.6 Å². The highest BCUT2D eigenvalue weighted by atomic mass is 16.6. The Morgan fingerprint density at radius 3 is 2.93 bits per heavy atom. The molecule has 3 aliphatic heterocycles. The van der Waals surface area contributed by atoms with Gasteiger partial charge in [0.15, 0.2) is 0 Å². The fourth-order valence-electron chi connectivity index (χ4n) is 4.83. The molecule has 1 spiro atoms. The first-order valence-corrected chi connectivity index (χ1v) is 9.97. The molecule has 2 saturated heterocycles. The zero-order valence-corrected chi connectivity index (χ0v) is 15.8. The van der Waals surface area contributed by atoms with Gasteiger partial charge in [0.2, 0.25) is 5.91 Å². The molecule has 2 fully saturated rings. The third-order valence-corrected chi connectivity index (χ3v) is 6.17. The highest BCUT2D eigenvalue weighted by molar-refractivity contribution is 6.08. The van der Waals surface area contributed by atoms with E-state index < -0.39 is 17.4 Å². The number of unbranched alkanes of at least 4 members (excludes halogenated alkanes) is 1. The number of esters is 1. The Balaban J connectivity index is 1.49. The van der Waals surface area contributed by atoms with E-state index >= 15 is 0 Å². The fraction of sp³-hybridized carbons (Fsp3) is 0.391. The Morgan fingerprint density at radius 1 is 1.25 bits per heavy atom. The predicted octanol–water partition coefficient (Wildman–Crippen LogP) is 3.47. The smallest absolute Gasteiger partial charge is 0.312 e. The third kappa shape index (κ3) is 2.42. The average Bonchev–Trinajstić information content (AvgIpc) is 3.36. The molecule has 0 radical (unpaired) electrons. The second kappa shape index (κ2) is 6.45. The molecule has 2 bridgehead atoms. The zero-order valence-electron chi connectivity index (χ0n) is 15.8. The number of nitrogens with zero attached hydrogens (tertiary/aromatic N) is 1. The van der Waals surface area contributed by atoms with E-state index in [2.05, 4.69) is 6.92 Å². The Hall–Kier alpha value is -2.66. The van der Waals surface area contributed by atoms with Gasteiger partial charge in [0, 0.05) is 5.39 Å². The van der Waals surface area contributed by atoms with E-state index in [0.29, 0.717) is 13.2 Å². The average molecular weight is 377 g/mol. The highest BCUT2D eigenvalue weighted by Gasteiger charge is 2.67. The Morgan fingerprint density at radius 2 is 2.07 bits per heavy atom. The molecule has 0 saturated carbocycles. The van der Waals surface area contributed by atoms with Crippen LogP contribution in [0.3, 0.4) is 0 Å². The lowest BCUT2D eigenvalue weighted by atomic mass is 9.77. The van der Waals surface area contributed by atoms with Crippen LogP contribution >= 0.6 is 0 Å². The number of carbonyl (C=O) groups is 2. The van der Waals surface area contributed by atoms with Crippen LogP contribution in [0.1, 0.15) is 19.8 Å². The van der Waals surface area contributed by atoms with Crippen molar-refractivity contribution in [1.82, 2.24) is 0 Å². The summed E-state index contributed by atoms with van der Waals surface area (Å²) in [5.74, 6) is -1.45. The van der Waals surface area contributed by atoms with E-state index in [1.54, 1.807) is 4.90 Å². The van der Waals surface area contributed by atoms with Crippen molar-refractivity contribution in [2.75, 3.05) is 18.1 Å². The first kappa shape index (κ1) is 17.4. The van der Waals surface area contributed by atoms with Crippen LogP contribution in [0.5, 0.6) is 0 Å². The molecule has 4 unspecified atom stereocenters. The summed E-state index contributed by atoms with van der Waals surface area (Å²) in [4.78, 5) is 28.0. The minimum atomic E-state index is -0.729. The second-order valence-corrected chi connectivity index (χ2v) is 7.84. The molecule has 4 atom stereocenters. The van der Waals surface area contributed by atoms with Gasteiger partial charge in [0.05, 0.1) is 30.9 Å². The molecule has 0 aromatic heterocycles. The van der Waals surface area contributed by atoms with Gasteiger partial charge in [-0.05, 0) is 17.9 Å². The molecule has 0 N–H and O–H groups in total. The van der Waals surface area contributed by atoms with E-state index in [0.717, 1.165) is 29.3 Å². The minimum Gasteiger partial charge on any atom is -0.465 e. The van der Waals surface area contributed by atoms with Gasteiger partial charge in [-0.3, -0.25) is 9.59 Å². The predicted molar refractivity (Wildman–Crippen MR) is 106 cm³/mol. The number of hydrogen-bond donors (Lipinski definition) is 0. The van der Waals surface area contributed by atoms with Crippen LogP contribution in [0.2, 0.25) is 0 Å². The molecule has 3 heterocycles. The molecular formula is C23H23NO4. The monoisotopic (exact) mass is 377 g/mol. The molecule has 5 nitrogen and oxygen atoms in total. The number of carbonyl (C=O) groups excluding carboxylic acids is 2. The molecule has 5 rings (SSSR count). The van der Waals surface area contributed by atoms with E-state index in [-0.39, 0.29) is 18.0 Å². The Bertz CT molecular complexity index is 978. The van der Waals surface area contributed by atoms with E-state index in [9.17, 15) is 9.59 Å². The maximum Gasteiger partial charge on any atom is 0.312 e. The normalized spacial score (nSPS) is 30.2. The van der Waals surface area contributed by atoms with Crippen LogP contribution < -0.4 is 4.90 Å². The first-order chi connectivity index (χ1) is 13.6. The number of hydrogen-bond acceptors (Lipinski definition) is 4. The van der Waals surface area contributed by atoms with Gasteiger partial charge < -0.3 is 14.4 Å². The summed E-state index contributed by atoms with van der Waals surface area (Å²) < 4.78 is 11.6. The van der Waals surface area contributed by atoms with Crippen LogP contribution in [-0.4, -0.2) is 36.7 Å². The SMILES string of the molecule is CCCCOC(=O)C1C2C=CC3(CN(c4cccc5ccccc45)C(=O)C13)O2. The molecule has 144 valence electrons. The minimum absolute atomic E-state index is 0.0550. The molecule has 0 aliphatic carbocycles. The quantitative estimate of drug-likeness (QED) is 0.455. The molecule has 5 heteroatoms. The van der Waals surface area contributed by atoms with Gasteiger partial charge >= 0.3 is 5.97 Å². The summed E-state index contributed by atoms with van der Waals surface area (Å²) in [5.41, 5.74) is 0.137. The van der Waals surface area contributed by atoms with Crippen molar-refractivity contribution in [1.29, 1.82) is 0 Å². The molecule has 28 heavy (non-hydrogen) atoms. The molecule has 3 aliphatic rings. The zero-order chi connectivity index (χ0) is 19.3. The van der Waals surface area contributed by atoms with Gasteiger partial charge in [-0.15, -0.1) is 0 Å². The number of fused-ring (bicyclic) bond motifs is 2. The van der Waals surface area contributed by atoms with Crippen molar-refractivity contribution in [2.45, 2.75) is 31.5 Å². The Labute approximate surface area is 163 Å². The molecular weight excluding hydrogens is 354 g/mol. The molecule has 2 aromatic carbocycles. The summed E-state index contributed by atoms with van der Waals surface area (Å²) in [7, 11) is 0. The summed E-state index contributed by atoms with van der Waals surface area (Å²) >= 11 is 0. The van der Waals surface area contributed by atoms with Gasteiger partial charge in [-0.25, -0.2) is 0 Å². The van der Waals surface area contributed by atoms with Crippen molar-refractivity contribution in [2.24, 2.45) is 11.8 Å². The third-order valence-electron chi connectivity index (χ3n) is 6.17. The lowest BCUT2D eigenvalue weighted by molar-refractivity contribution is -0.152. The topological polar surface area (TPSA) is 55.8 Å². The van der Waals surface area contributed by atoms with Gasteiger partial charge in [-0.2, -0.15) is 0 Å². The maximum atomic E-state index is 13.5. The first-order valence-electron chi connectivity index (χ1n) is 9.97. The van der Waals surface area contributed by atoms with Crippen LogP contribution in [-0.2, 0) is 19.1 Å². The van der Waals surface area contributed by atoms with Crippen LogP contribution in [0, 0.1) is 11.8 Å². The van der Waals surface area contributed by atoms with Crippen LogP contribution in [0.25, 0.3) is 10.8 Å². The second-order valence-electron chi connectivity index (χ2n) is 7.84. The number of benzene rings is 2. The number of amides is 1. The van der Waals surface area contributed by atoms with Crippen molar-refractivity contribution in [3.05, 3.63) is 54.6 Å². The number of rotatable bonds is 5. The molecule has 2 aromatic rings. The number of ether oxygens (including phenoxy) is 2. The fourth-order valence-corrected chi connectivity index (χ4v) is 4.83. The van der Waals surface area contributed by atoms with Gasteiger partial charge in [-0.1, -0.05) is 61.9 Å². The van der Waals surface area contributed by atoms with Crippen molar-refractivity contribution in [3.8, 4) is 0 Å². The van der Waals surface area contributed by atoms with Crippen molar-refractivity contribution >= 4 is 28.3 Å². The lowest BCUT2D eigenvalue weighted by Gasteiger charge is -2.23. The number of anilines is 1. The summed E-state index contributed by atoms with van der Waals surface area (Å²) in [6.45, 7) is 2.87. The Kier molecular flexibility index (Phi) is 4.02. The molecule has 1 amide bonds. The van der Waals surface area contributed by atoms with E-state index in [1.165, 1.54) is 0 Å². The standard InChI is InChI=1S/C23H23NO4/c1-2-3-13-27-22(26)19-18-11-12-23(28-18)14-24(21(25)20(19)23)17-10-6-8-15-7-4-5-9-16(15)17/h4-12,18-20H,2-3,13-14H2,1H3. The van der Waals surface area contributed by atoms with Crippen molar-refractivity contribution in [3.63, 3.8) is 0 Å². The highest BCUT2D eigenvalue weighted by Crippen LogP contribution is 2.53.